The highest BCUT2D eigenvalue weighted by Crippen LogP contribution is 2.38. The summed E-state index contributed by atoms with van der Waals surface area (Å²) >= 11 is 6.28. The van der Waals surface area contributed by atoms with E-state index < -0.39 is 0 Å². The van der Waals surface area contributed by atoms with Gasteiger partial charge in [0.05, 0.1) is 0 Å². The summed E-state index contributed by atoms with van der Waals surface area (Å²) < 4.78 is 0. The highest BCUT2D eigenvalue weighted by Gasteiger charge is 2.42. The maximum Gasteiger partial charge on any atom is 0.223 e. The van der Waals surface area contributed by atoms with Crippen molar-refractivity contribution in [2.75, 3.05) is 0 Å². The number of piperidine rings is 1. The van der Waals surface area contributed by atoms with E-state index in [9.17, 15) is 4.79 Å². The standard InChI is InChI=1S/C16H26ClNO/c17-13-10-14-7-8-15(11-13)18(14)16(19)9-6-12-4-2-1-3-5-12/h12-15H,1-11H2. The van der Waals surface area contributed by atoms with E-state index >= 15 is 0 Å². The first-order valence-electron chi connectivity index (χ1n) is 8.19. The van der Waals surface area contributed by atoms with Gasteiger partial charge in [-0.05, 0) is 38.0 Å². The molecule has 0 radical (unpaired) electrons. The summed E-state index contributed by atoms with van der Waals surface area (Å²) in [6.45, 7) is 0. The number of alkyl halides is 1. The van der Waals surface area contributed by atoms with Crippen molar-refractivity contribution >= 4 is 17.5 Å². The Hall–Kier alpha value is -0.240. The zero-order valence-electron chi connectivity index (χ0n) is 11.8. The molecular weight excluding hydrogens is 258 g/mol. The smallest absolute Gasteiger partial charge is 0.223 e. The molecule has 2 aliphatic heterocycles. The molecule has 2 atom stereocenters. The predicted molar refractivity (Wildman–Crippen MR) is 78.3 cm³/mol. The van der Waals surface area contributed by atoms with E-state index in [0.29, 0.717) is 23.4 Å². The maximum absolute atomic E-state index is 12.5. The van der Waals surface area contributed by atoms with Gasteiger partial charge in [0.1, 0.15) is 0 Å². The molecule has 3 fully saturated rings. The summed E-state index contributed by atoms with van der Waals surface area (Å²) in [5, 5.41) is 0.305. The molecule has 1 aliphatic carbocycles. The summed E-state index contributed by atoms with van der Waals surface area (Å²) in [5.41, 5.74) is 0. The maximum atomic E-state index is 12.5. The van der Waals surface area contributed by atoms with Gasteiger partial charge in [-0.25, -0.2) is 0 Å². The second kappa shape index (κ2) is 6.03. The Bertz CT molecular complexity index is 313. The van der Waals surface area contributed by atoms with Crippen LogP contribution in [0.15, 0.2) is 0 Å². The number of nitrogens with zero attached hydrogens (tertiary/aromatic N) is 1. The van der Waals surface area contributed by atoms with Gasteiger partial charge in [-0.2, -0.15) is 0 Å². The molecule has 2 unspecified atom stereocenters. The quantitative estimate of drug-likeness (QED) is 0.714. The largest absolute Gasteiger partial charge is 0.337 e. The van der Waals surface area contributed by atoms with Crippen LogP contribution in [0.4, 0.5) is 0 Å². The third-order valence-electron chi connectivity index (χ3n) is 5.45. The average molecular weight is 284 g/mol. The fraction of sp³-hybridized carbons (Fsp3) is 0.938. The van der Waals surface area contributed by atoms with Gasteiger partial charge in [0.2, 0.25) is 5.91 Å². The lowest BCUT2D eigenvalue weighted by Crippen LogP contribution is -2.47. The molecule has 1 saturated carbocycles. The summed E-state index contributed by atoms with van der Waals surface area (Å²) in [7, 11) is 0. The Labute approximate surface area is 121 Å². The third-order valence-corrected chi connectivity index (χ3v) is 5.81. The Kier molecular flexibility index (Phi) is 4.36. The molecule has 2 bridgehead atoms. The summed E-state index contributed by atoms with van der Waals surface area (Å²) in [4.78, 5) is 14.7. The number of fused-ring (bicyclic) bond motifs is 2. The normalized spacial score (nSPS) is 35.6. The Morgan fingerprint density at radius 2 is 1.63 bits per heavy atom. The van der Waals surface area contributed by atoms with Crippen LogP contribution in [0.25, 0.3) is 0 Å². The molecule has 0 N–H and O–H groups in total. The summed E-state index contributed by atoms with van der Waals surface area (Å²) in [5.74, 6) is 1.24. The van der Waals surface area contributed by atoms with E-state index in [1.807, 2.05) is 0 Å². The van der Waals surface area contributed by atoms with Crippen LogP contribution in [0.3, 0.4) is 0 Å². The summed E-state index contributed by atoms with van der Waals surface area (Å²) in [6.07, 6.45) is 13.2. The number of rotatable bonds is 3. The van der Waals surface area contributed by atoms with Crippen molar-refractivity contribution in [2.24, 2.45) is 5.92 Å². The highest BCUT2D eigenvalue weighted by molar-refractivity contribution is 6.20. The van der Waals surface area contributed by atoms with E-state index in [2.05, 4.69) is 4.90 Å². The molecule has 0 aromatic carbocycles. The first-order valence-corrected chi connectivity index (χ1v) is 8.63. The van der Waals surface area contributed by atoms with Crippen LogP contribution in [0, 0.1) is 5.92 Å². The van der Waals surface area contributed by atoms with Gasteiger partial charge in [-0.15, -0.1) is 11.6 Å². The molecule has 108 valence electrons. The molecule has 0 aromatic rings. The van der Waals surface area contributed by atoms with Crippen molar-refractivity contribution in [3.63, 3.8) is 0 Å². The molecule has 19 heavy (non-hydrogen) atoms. The molecule has 0 aromatic heterocycles. The van der Waals surface area contributed by atoms with Gasteiger partial charge in [0, 0.05) is 23.9 Å². The van der Waals surface area contributed by atoms with E-state index in [-0.39, 0.29) is 0 Å². The monoisotopic (exact) mass is 283 g/mol. The van der Waals surface area contributed by atoms with Crippen LogP contribution in [-0.2, 0) is 4.79 Å². The molecular formula is C16H26ClNO. The van der Waals surface area contributed by atoms with Gasteiger partial charge in [-0.3, -0.25) is 4.79 Å². The zero-order valence-corrected chi connectivity index (χ0v) is 12.6. The van der Waals surface area contributed by atoms with Crippen LogP contribution in [0.5, 0.6) is 0 Å². The Morgan fingerprint density at radius 3 is 2.26 bits per heavy atom. The van der Waals surface area contributed by atoms with Crippen LogP contribution in [0.2, 0.25) is 0 Å². The third kappa shape index (κ3) is 3.09. The van der Waals surface area contributed by atoms with Crippen LogP contribution < -0.4 is 0 Å². The molecule has 2 saturated heterocycles. The van der Waals surface area contributed by atoms with Crippen LogP contribution in [-0.4, -0.2) is 28.3 Å². The minimum absolute atomic E-state index is 0.305. The van der Waals surface area contributed by atoms with Crippen LogP contribution in [0.1, 0.15) is 70.6 Å². The molecule has 3 aliphatic rings. The van der Waals surface area contributed by atoms with Gasteiger partial charge in [-0.1, -0.05) is 32.1 Å². The highest BCUT2D eigenvalue weighted by atomic mass is 35.5. The van der Waals surface area contributed by atoms with E-state index in [1.54, 1.807) is 0 Å². The number of halogens is 1. The molecule has 1 amide bonds. The second-order valence-corrected chi connectivity index (χ2v) is 7.41. The van der Waals surface area contributed by atoms with Gasteiger partial charge < -0.3 is 4.90 Å². The minimum Gasteiger partial charge on any atom is -0.337 e. The molecule has 0 spiro atoms. The lowest BCUT2D eigenvalue weighted by Gasteiger charge is -2.37. The van der Waals surface area contributed by atoms with Crippen molar-refractivity contribution in [1.29, 1.82) is 0 Å². The van der Waals surface area contributed by atoms with E-state index in [4.69, 9.17) is 11.6 Å². The number of hydrogen-bond donors (Lipinski definition) is 0. The topological polar surface area (TPSA) is 20.3 Å². The Balaban J connectivity index is 1.50. The molecule has 2 heterocycles. The summed E-state index contributed by atoms with van der Waals surface area (Å²) in [6, 6.07) is 0.917. The predicted octanol–water partition coefficient (Wildman–Crippen LogP) is 4.11. The first-order chi connectivity index (χ1) is 9.24. The lowest BCUT2D eigenvalue weighted by atomic mass is 9.86. The zero-order chi connectivity index (χ0) is 13.2. The number of carbonyl (C=O) groups excluding carboxylic acids is 1. The molecule has 3 heteroatoms. The SMILES string of the molecule is O=C(CCC1CCCCC1)N1C2CCC1CC(Cl)C2. The fourth-order valence-electron chi connectivity index (χ4n) is 4.45. The Morgan fingerprint density at radius 1 is 1.00 bits per heavy atom. The van der Waals surface area contributed by atoms with Crippen molar-refractivity contribution in [1.82, 2.24) is 4.90 Å². The van der Waals surface area contributed by atoms with E-state index in [1.165, 1.54) is 44.9 Å². The molecule has 2 nitrogen and oxygen atoms in total. The first kappa shape index (κ1) is 13.7. The minimum atomic E-state index is 0.305. The molecule has 3 rings (SSSR count). The number of hydrogen-bond acceptors (Lipinski definition) is 1. The fourth-order valence-corrected chi connectivity index (χ4v) is 4.86. The van der Waals surface area contributed by atoms with Crippen molar-refractivity contribution in [3.8, 4) is 0 Å². The van der Waals surface area contributed by atoms with Crippen molar-refractivity contribution in [2.45, 2.75) is 88.1 Å². The van der Waals surface area contributed by atoms with Gasteiger partial charge in [0.15, 0.2) is 0 Å². The van der Waals surface area contributed by atoms with Crippen molar-refractivity contribution < 1.29 is 4.79 Å². The number of amides is 1. The van der Waals surface area contributed by atoms with E-state index in [0.717, 1.165) is 31.6 Å². The lowest BCUT2D eigenvalue weighted by molar-refractivity contribution is -0.135. The van der Waals surface area contributed by atoms with Gasteiger partial charge >= 0.3 is 0 Å². The number of carbonyl (C=O) groups is 1. The van der Waals surface area contributed by atoms with Crippen molar-refractivity contribution in [3.05, 3.63) is 0 Å². The van der Waals surface area contributed by atoms with Gasteiger partial charge in [0.25, 0.3) is 0 Å². The average Bonchev–Trinajstić information content (AvgIpc) is 2.70. The van der Waals surface area contributed by atoms with Crippen LogP contribution >= 0.6 is 11.6 Å². The second-order valence-electron chi connectivity index (χ2n) is 6.80.